The van der Waals surface area contributed by atoms with Crippen molar-refractivity contribution in [2.45, 2.75) is 24.2 Å². The van der Waals surface area contributed by atoms with Gasteiger partial charge in [-0.15, -0.1) is 6.58 Å². The van der Waals surface area contributed by atoms with E-state index in [9.17, 15) is 8.78 Å². The first-order chi connectivity index (χ1) is 6.04. The fourth-order valence-electron chi connectivity index (χ4n) is 1.21. The molecule has 1 fully saturated rings. The fourth-order valence-corrected chi connectivity index (χ4v) is 1.21. The van der Waals surface area contributed by atoms with Crippen molar-refractivity contribution in [1.82, 2.24) is 0 Å². The van der Waals surface area contributed by atoms with Gasteiger partial charge >= 0.3 is 5.92 Å². The second-order valence-corrected chi connectivity index (χ2v) is 2.83. The zero-order chi connectivity index (χ0) is 10.1. The molecule has 0 aromatic heterocycles. The molecule has 13 heavy (non-hydrogen) atoms. The Morgan fingerprint density at radius 3 is 2.54 bits per heavy atom. The van der Waals surface area contributed by atoms with Gasteiger partial charge in [-0.2, -0.15) is 0 Å². The summed E-state index contributed by atoms with van der Waals surface area (Å²) < 4.78 is 30.8. The van der Waals surface area contributed by atoms with Crippen LogP contribution in [-0.4, -0.2) is 41.1 Å². The normalized spacial score (nSPS) is 37.7. The molecule has 3 nitrogen and oxygen atoms in total. The van der Waals surface area contributed by atoms with Crippen molar-refractivity contribution < 1.29 is 23.7 Å². The highest BCUT2D eigenvalue weighted by molar-refractivity contribution is 5.08. The summed E-state index contributed by atoms with van der Waals surface area (Å²) in [7, 11) is 0. The van der Waals surface area contributed by atoms with Crippen molar-refractivity contribution in [2.75, 3.05) is 6.61 Å². The van der Waals surface area contributed by atoms with Gasteiger partial charge in [-0.1, -0.05) is 6.08 Å². The van der Waals surface area contributed by atoms with E-state index in [1.165, 1.54) is 6.08 Å². The Kier molecular flexibility index (Phi) is 3.00. The third-order valence-corrected chi connectivity index (χ3v) is 1.94. The number of halogens is 2. The topological polar surface area (TPSA) is 49.7 Å². The Morgan fingerprint density at radius 2 is 2.15 bits per heavy atom. The maximum atomic E-state index is 13.1. The third kappa shape index (κ3) is 1.72. The van der Waals surface area contributed by atoms with Crippen molar-refractivity contribution in [3.05, 3.63) is 19.1 Å². The van der Waals surface area contributed by atoms with E-state index < -0.39 is 30.8 Å². The lowest BCUT2D eigenvalue weighted by Gasteiger charge is -2.17. The average molecular weight is 193 g/mol. The first kappa shape index (κ1) is 10.6. The van der Waals surface area contributed by atoms with Crippen LogP contribution in [0.5, 0.6) is 0 Å². The first-order valence-electron chi connectivity index (χ1n) is 3.82. The van der Waals surface area contributed by atoms with Crippen molar-refractivity contribution >= 4 is 0 Å². The Morgan fingerprint density at radius 1 is 1.54 bits per heavy atom. The van der Waals surface area contributed by atoms with Gasteiger partial charge in [0.15, 0.2) is 0 Å². The second-order valence-electron chi connectivity index (χ2n) is 2.83. The van der Waals surface area contributed by atoms with Crippen LogP contribution in [0.4, 0.5) is 8.78 Å². The van der Waals surface area contributed by atoms with E-state index in [2.05, 4.69) is 6.58 Å². The minimum atomic E-state index is -3.36. The van der Waals surface area contributed by atoms with Crippen LogP contribution in [0.25, 0.3) is 0 Å². The molecule has 75 valence electrons. The standard InChI is InChI=1S/C8H11F2O3/c1-2-3-6-8(9,10)7(12)5(4-11)13-6/h2-3,5-7,11-12H,1,4H2/t5-,6?,7-/m1/s1. The number of hydrogen-bond donors (Lipinski definition) is 2. The van der Waals surface area contributed by atoms with Crippen LogP contribution in [0, 0.1) is 6.42 Å². The van der Waals surface area contributed by atoms with Crippen molar-refractivity contribution in [1.29, 1.82) is 0 Å². The lowest BCUT2D eigenvalue weighted by molar-refractivity contribution is -0.101. The maximum Gasteiger partial charge on any atom is 0.302 e. The van der Waals surface area contributed by atoms with Crippen molar-refractivity contribution in [3.8, 4) is 0 Å². The van der Waals surface area contributed by atoms with Gasteiger partial charge in [0.1, 0.15) is 18.3 Å². The molecular formula is C8H11F2O3. The fraction of sp³-hybridized carbons (Fsp3) is 0.625. The predicted octanol–water partition coefficient (Wildman–Crippen LogP) is 0.133. The number of hydrogen-bond acceptors (Lipinski definition) is 3. The number of aliphatic hydroxyl groups is 2. The Bertz CT molecular complexity index is 196. The summed E-state index contributed by atoms with van der Waals surface area (Å²) >= 11 is 0. The van der Waals surface area contributed by atoms with Crippen molar-refractivity contribution in [2.24, 2.45) is 0 Å². The molecule has 1 aliphatic rings. The molecule has 0 saturated carbocycles. The highest BCUT2D eigenvalue weighted by Crippen LogP contribution is 2.37. The highest BCUT2D eigenvalue weighted by atomic mass is 19.3. The van der Waals surface area contributed by atoms with E-state index in [-0.39, 0.29) is 0 Å². The molecule has 1 rings (SSSR count). The molecule has 5 heteroatoms. The molecule has 0 aromatic rings. The van der Waals surface area contributed by atoms with Crippen LogP contribution in [0.3, 0.4) is 0 Å². The van der Waals surface area contributed by atoms with E-state index in [0.29, 0.717) is 0 Å². The summed E-state index contributed by atoms with van der Waals surface area (Å²) in [6, 6.07) is 0. The predicted molar refractivity (Wildman–Crippen MR) is 41.2 cm³/mol. The molecule has 1 radical (unpaired) electrons. The lowest BCUT2D eigenvalue weighted by atomic mass is 10.0. The minimum absolute atomic E-state index is 0.627. The maximum absolute atomic E-state index is 13.1. The molecule has 1 saturated heterocycles. The molecule has 1 heterocycles. The molecule has 0 aromatic carbocycles. The molecular weight excluding hydrogens is 182 g/mol. The van der Waals surface area contributed by atoms with Crippen LogP contribution in [0.15, 0.2) is 12.7 Å². The first-order valence-corrected chi connectivity index (χ1v) is 3.82. The molecule has 0 aliphatic carbocycles. The molecule has 0 bridgehead atoms. The number of alkyl halides is 2. The third-order valence-electron chi connectivity index (χ3n) is 1.94. The molecule has 3 atom stereocenters. The average Bonchev–Trinajstić information content (AvgIpc) is 2.29. The van der Waals surface area contributed by atoms with E-state index in [0.717, 1.165) is 6.42 Å². The summed E-state index contributed by atoms with van der Waals surface area (Å²) in [6.45, 7) is 2.63. The zero-order valence-electron chi connectivity index (χ0n) is 6.86. The lowest BCUT2D eigenvalue weighted by Crippen LogP contribution is -2.40. The number of ether oxygens (including phenoxy) is 1. The zero-order valence-corrected chi connectivity index (χ0v) is 6.86. The number of rotatable bonds is 3. The van der Waals surface area contributed by atoms with Gasteiger partial charge in [-0.05, 0) is 0 Å². The summed E-state index contributed by atoms with van der Waals surface area (Å²) in [6.07, 6.45) is -2.46. The second kappa shape index (κ2) is 3.69. The Labute approximate surface area is 74.6 Å². The van der Waals surface area contributed by atoms with Crippen LogP contribution in [-0.2, 0) is 4.74 Å². The monoisotopic (exact) mass is 193 g/mol. The summed E-state index contributed by atoms with van der Waals surface area (Å²) in [5, 5.41) is 17.6. The molecule has 2 N–H and O–H groups in total. The van der Waals surface area contributed by atoms with Crippen LogP contribution in [0.1, 0.15) is 0 Å². The quantitative estimate of drug-likeness (QED) is 0.670. The van der Waals surface area contributed by atoms with Gasteiger partial charge in [0.05, 0.1) is 6.61 Å². The van der Waals surface area contributed by atoms with Gasteiger partial charge in [-0.25, -0.2) is 8.78 Å². The summed E-state index contributed by atoms with van der Waals surface area (Å²) in [4.78, 5) is 0. The number of aliphatic hydroxyl groups excluding tert-OH is 2. The molecule has 0 spiro atoms. The van der Waals surface area contributed by atoms with Gasteiger partial charge in [0.2, 0.25) is 0 Å². The minimum Gasteiger partial charge on any atom is -0.394 e. The van der Waals surface area contributed by atoms with Crippen LogP contribution >= 0.6 is 0 Å². The van der Waals surface area contributed by atoms with Gasteiger partial charge in [0, 0.05) is 6.42 Å². The molecule has 0 amide bonds. The summed E-state index contributed by atoms with van der Waals surface area (Å²) in [5.74, 6) is -3.36. The SMILES string of the molecule is C=C[CH]C1O[C@H](CO)[C@@H](O)C1(F)F. The van der Waals surface area contributed by atoms with E-state index >= 15 is 0 Å². The Hall–Kier alpha value is -0.520. The van der Waals surface area contributed by atoms with Gasteiger partial charge in [0.25, 0.3) is 0 Å². The van der Waals surface area contributed by atoms with E-state index in [1.807, 2.05) is 0 Å². The smallest absolute Gasteiger partial charge is 0.302 e. The van der Waals surface area contributed by atoms with Crippen LogP contribution < -0.4 is 0 Å². The largest absolute Gasteiger partial charge is 0.394 e. The highest BCUT2D eigenvalue weighted by Gasteiger charge is 2.57. The van der Waals surface area contributed by atoms with Crippen LogP contribution in [0.2, 0.25) is 0 Å². The van der Waals surface area contributed by atoms with E-state index in [4.69, 9.17) is 14.9 Å². The molecule has 1 unspecified atom stereocenters. The summed E-state index contributed by atoms with van der Waals surface area (Å²) in [5.41, 5.74) is 0. The van der Waals surface area contributed by atoms with E-state index in [1.54, 1.807) is 0 Å². The van der Waals surface area contributed by atoms with Gasteiger partial charge in [-0.3, -0.25) is 0 Å². The Balaban J connectivity index is 2.73. The molecule has 1 aliphatic heterocycles. The van der Waals surface area contributed by atoms with Gasteiger partial charge < -0.3 is 14.9 Å². The van der Waals surface area contributed by atoms with Crippen molar-refractivity contribution in [3.63, 3.8) is 0 Å².